The van der Waals surface area contributed by atoms with Crippen molar-refractivity contribution in [2.75, 3.05) is 37.6 Å². The van der Waals surface area contributed by atoms with Crippen molar-refractivity contribution in [3.63, 3.8) is 0 Å². The molecular weight excluding hydrogens is 308 g/mol. The first-order valence-corrected chi connectivity index (χ1v) is 8.67. The van der Waals surface area contributed by atoms with E-state index >= 15 is 0 Å². The first kappa shape index (κ1) is 15.8. The summed E-state index contributed by atoms with van der Waals surface area (Å²) >= 11 is 1.73. The molecule has 1 aliphatic rings. The van der Waals surface area contributed by atoms with Gasteiger partial charge in [-0.05, 0) is 31.0 Å². The van der Waals surface area contributed by atoms with Crippen molar-refractivity contribution in [1.82, 2.24) is 15.2 Å². The maximum atomic E-state index is 12.0. The lowest BCUT2D eigenvalue weighted by Gasteiger charge is -2.34. The number of nitrogens with one attached hydrogen (secondary N) is 1. The zero-order chi connectivity index (χ0) is 16.4. The molecule has 122 valence electrons. The molecule has 1 aromatic carbocycles. The van der Waals surface area contributed by atoms with Gasteiger partial charge in [-0.1, -0.05) is 23.5 Å². The van der Waals surface area contributed by atoms with E-state index in [0.717, 1.165) is 36.8 Å². The molecule has 1 aromatic heterocycles. The number of benzene rings is 1. The Kier molecular flexibility index (Phi) is 4.52. The van der Waals surface area contributed by atoms with Crippen LogP contribution >= 0.6 is 11.3 Å². The van der Waals surface area contributed by atoms with Gasteiger partial charge in [0.2, 0.25) is 0 Å². The summed E-state index contributed by atoms with van der Waals surface area (Å²) in [5, 5.41) is 3.88. The minimum atomic E-state index is -0.0136. The quantitative estimate of drug-likeness (QED) is 0.880. The van der Waals surface area contributed by atoms with E-state index in [-0.39, 0.29) is 6.03 Å². The molecule has 3 rings (SSSR count). The van der Waals surface area contributed by atoms with E-state index in [1.165, 1.54) is 15.8 Å². The van der Waals surface area contributed by atoms with Gasteiger partial charge in [0.1, 0.15) is 0 Å². The molecule has 23 heavy (non-hydrogen) atoms. The number of nitrogens with zero attached hydrogens (tertiary/aromatic N) is 3. The Balaban J connectivity index is 1.69. The van der Waals surface area contributed by atoms with Crippen LogP contribution in [0, 0.1) is 13.8 Å². The van der Waals surface area contributed by atoms with Crippen molar-refractivity contribution >= 4 is 32.7 Å². The SMILES string of the molecule is C=CCNC(=O)N1CCN(c2nc3c(C)c(C)ccc3s2)CC1. The minimum Gasteiger partial charge on any atom is -0.345 e. The monoisotopic (exact) mass is 330 g/mol. The molecule has 0 aliphatic carbocycles. The number of thiazole rings is 1. The highest BCUT2D eigenvalue weighted by Gasteiger charge is 2.23. The summed E-state index contributed by atoms with van der Waals surface area (Å²) in [7, 11) is 0. The number of carbonyl (C=O) groups is 1. The smallest absolute Gasteiger partial charge is 0.317 e. The van der Waals surface area contributed by atoms with Crippen LogP contribution < -0.4 is 10.2 Å². The average molecular weight is 330 g/mol. The molecule has 0 atom stereocenters. The molecule has 0 radical (unpaired) electrons. The molecule has 0 saturated carbocycles. The number of hydrogen-bond acceptors (Lipinski definition) is 4. The molecule has 1 fully saturated rings. The molecule has 1 saturated heterocycles. The highest BCUT2D eigenvalue weighted by molar-refractivity contribution is 7.22. The van der Waals surface area contributed by atoms with Crippen LogP contribution in [0.4, 0.5) is 9.93 Å². The number of rotatable bonds is 3. The van der Waals surface area contributed by atoms with Crippen molar-refractivity contribution in [1.29, 1.82) is 0 Å². The summed E-state index contributed by atoms with van der Waals surface area (Å²) in [5.41, 5.74) is 3.64. The largest absolute Gasteiger partial charge is 0.345 e. The van der Waals surface area contributed by atoms with E-state index in [2.05, 4.69) is 42.8 Å². The third-order valence-electron chi connectivity index (χ3n) is 4.31. The molecule has 2 amide bonds. The molecule has 0 unspecified atom stereocenters. The lowest BCUT2D eigenvalue weighted by Crippen LogP contribution is -2.51. The number of aryl methyl sites for hydroxylation is 2. The van der Waals surface area contributed by atoms with Gasteiger partial charge in [0.05, 0.1) is 10.2 Å². The van der Waals surface area contributed by atoms with Crippen molar-refractivity contribution in [3.8, 4) is 0 Å². The number of carbonyl (C=O) groups excluding carboxylic acids is 1. The average Bonchev–Trinajstić information content (AvgIpc) is 3.01. The second-order valence-electron chi connectivity index (χ2n) is 5.80. The zero-order valence-electron chi connectivity index (χ0n) is 13.6. The maximum Gasteiger partial charge on any atom is 0.317 e. The molecule has 0 bridgehead atoms. The molecule has 2 aromatic rings. The van der Waals surface area contributed by atoms with Gasteiger partial charge < -0.3 is 15.1 Å². The predicted molar refractivity (Wildman–Crippen MR) is 96.5 cm³/mol. The fourth-order valence-corrected chi connectivity index (χ4v) is 3.80. The molecule has 0 spiro atoms. The van der Waals surface area contributed by atoms with Crippen molar-refractivity contribution in [2.45, 2.75) is 13.8 Å². The van der Waals surface area contributed by atoms with Gasteiger partial charge in [-0.25, -0.2) is 9.78 Å². The zero-order valence-corrected chi connectivity index (χ0v) is 14.4. The third kappa shape index (κ3) is 3.17. The minimum absolute atomic E-state index is 0.0136. The number of urea groups is 1. The van der Waals surface area contributed by atoms with Gasteiger partial charge in [0.25, 0.3) is 0 Å². The first-order chi connectivity index (χ1) is 11.1. The second kappa shape index (κ2) is 6.58. The number of aromatic nitrogens is 1. The van der Waals surface area contributed by atoms with Crippen LogP contribution in [0.2, 0.25) is 0 Å². The predicted octanol–water partition coefficient (Wildman–Crippen LogP) is 2.93. The number of hydrogen-bond donors (Lipinski definition) is 1. The Morgan fingerprint density at radius 1 is 1.35 bits per heavy atom. The highest BCUT2D eigenvalue weighted by Crippen LogP contribution is 2.32. The van der Waals surface area contributed by atoms with Crippen molar-refractivity contribution in [2.24, 2.45) is 0 Å². The van der Waals surface area contributed by atoms with E-state index in [1.807, 2.05) is 4.90 Å². The van der Waals surface area contributed by atoms with Crippen molar-refractivity contribution < 1.29 is 4.79 Å². The summed E-state index contributed by atoms with van der Waals surface area (Å²) in [6.07, 6.45) is 1.69. The molecule has 1 aliphatic heterocycles. The summed E-state index contributed by atoms with van der Waals surface area (Å²) < 4.78 is 1.23. The normalized spacial score (nSPS) is 15.0. The van der Waals surface area contributed by atoms with Gasteiger partial charge in [0, 0.05) is 32.7 Å². The lowest BCUT2D eigenvalue weighted by atomic mass is 10.1. The molecule has 6 heteroatoms. The number of amides is 2. The van der Waals surface area contributed by atoms with Gasteiger partial charge >= 0.3 is 6.03 Å². The molecule has 5 nitrogen and oxygen atoms in total. The van der Waals surface area contributed by atoms with E-state index in [4.69, 9.17) is 4.98 Å². The number of anilines is 1. The van der Waals surface area contributed by atoms with Crippen LogP contribution in [0.1, 0.15) is 11.1 Å². The fourth-order valence-electron chi connectivity index (χ4n) is 2.72. The van der Waals surface area contributed by atoms with E-state index < -0.39 is 0 Å². The Hall–Kier alpha value is -2.08. The molecular formula is C17H22N4OS. The summed E-state index contributed by atoms with van der Waals surface area (Å²) in [6.45, 7) is 11.4. The van der Waals surface area contributed by atoms with Gasteiger partial charge in [-0.3, -0.25) is 0 Å². The lowest BCUT2D eigenvalue weighted by molar-refractivity contribution is 0.195. The Morgan fingerprint density at radius 3 is 2.78 bits per heavy atom. The summed E-state index contributed by atoms with van der Waals surface area (Å²) in [4.78, 5) is 20.9. The highest BCUT2D eigenvalue weighted by atomic mass is 32.1. The van der Waals surface area contributed by atoms with E-state index in [9.17, 15) is 4.79 Å². The van der Waals surface area contributed by atoms with Crippen LogP contribution in [0.5, 0.6) is 0 Å². The third-order valence-corrected chi connectivity index (χ3v) is 5.39. The van der Waals surface area contributed by atoms with Crippen LogP contribution in [0.3, 0.4) is 0 Å². The van der Waals surface area contributed by atoms with E-state index in [0.29, 0.717) is 6.54 Å². The number of piperazine rings is 1. The van der Waals surface area contributed by atoms with E-state index in [1.54, 1.807) is 17.4 Å². The second-order valence-corrected chi connectivity index (χ2v) is 6.81. The van der Waals surface area contributed by atoms with Crippen molar-refractivity contribution in [3.05, 3.63) is 35.9 Å². The Morgan fingerprint density at radius 2 is 2.09 bits per heavy atom. The fraction of sp³-hybridized carbons (Fsp3) is 0.412. The standard InChI is InChI=1S/C17H22N4OS/c1-4-7-18-16(22)20-8-10-21(11-9-20)17-19-15-13(3)12(2)5-6-14(15)23-17/h4-6H,1,7-11H2,2-3H3,(H,18,22). The number of fused-ring (bicyclic) bond motifs is 1. The first-order valence-electron chi connectivity index (χ1n) is 7.85. The maximum absolute atomic E-state index is 12.0. The van der Waals surface area contributed by atoms with Crippen LogP contribution in [0.15, 0.2) is 24.8 Å². The summed E-state index contributed by atoms with van der Waals surface area (Å²) in [5.74, 6) is 0. The Bertz CT molecular complexity index is 732. The van der Waals surface area contributed by atoms with Crippen LogP contribution in [-0.4, -0.2) is 48.6 Å². The molecule has 1 N–H and O–H groups in total. The Labute approximate surface area is 140 Å². The van der Waals surface area contributed by atoms with Gasteiger partial charge in [0.15, 0.2) is 5.13 Å². The topological polar surface area (TPSA) is 48.5 Å². The summed E-state index contributed by atoms with van der Waals surface area (Å²) in [6, 6.07) is 4.29. The van der Waals surface area contributed by atoms with Crippen LogP contribution in [0.25, 0.3) is 10.2 Å². The van der Waals surface area contributed by atoms with Gasteiger partial charge in [-0.2, -0.15) is 0 Å². The molecule has 2 heterocycles. The van der Waals surface area contributed by atoms with Gasteiger partial charge in [-0.15, -0.1) is 6.58 Å². The van der Waals surface area contributed by atoms with Crippen LogP contribution in [-0.2, 0) is 0 Å².